The molecule has 2 aromatic rings. The monoisotopic (exact) mass is 282 g/mol. The normalized spacial score (nSPS) is 19.0. The van der Waals surface area contributed by atoms with Gasteiger partial charge in [0, 0.05) is 26.2 Å². The van der Waals surface area contributed by atoms with Crippen LogP contribution in [0.5, 0.6) is 0 Å². The number of benzene rings is 1. The summed E-state index contributed by atoms with van der Waals surface area (Å²) in [5.74, 6) is 0. The maximum atomic E-state index is 12.6. The molecule has 0 bridgehead atoms. The van der Waals surface area contributed by atoms with E-state index in [1.165, 1.54) is 4.31 Å². The maximum absolute atomic E-state index is 12.6. The van der Waals surface area contributed by atoms with Crippen molar-refractivity contribution in [2.24, 2.45) is 0 Å². The van der Waals surface area contributed by atoms with Crippen LogP contribution >= 0.6 is 0 Å². The van der Waals surface area contributed by atoms with Crippen LogP contribution in [0.25, 0.3) is 11.0 Å². The highest BCUT2D eigenvalue weighted by Gasteiger charge is 2.29. The molecule has 3 rings (SSSR count). The largest absolute Gasteiger partial charge is 0.304 e. The molecule has 0 saturated carbocycles. The smallest absolute Gasteiger partial charge is 0.245 e. The average Bonchev–Trinajstić information content (AvgIpc) is 2.87. The Morgan fingerprint density at radius 1 is 1.16 bits per heavy atom. The molecule has 0 unspecified atom stereocenters. The minimum absolute atomic E-state index is 0.163. The van der Waals surface area contributed by atoms with Gasteiger partial charge in [0.05, 0.1) is 0 Å². The van der Waals surface area contributed by atoms with Gasteiger partial charge in [0.15, 0.2) is 5.52 Å². The average molecular weight is 282 g/mol. The molecule has 1 saturated heterocycles. The zero-order valence-corrected chi connectivity index (χ0v) is 11.3. The molecule has 1 aromatic heterocycles. The molecule has 102 valence electrons. The number of nitrogens with zero attached hydrogens (tertiary/aromatic N) is 4. The van der Waals surface area contributed by atoms with Crippen molar-refractivity contribution in [1.82, 2.24) is 19.5 Å². The summed E-state index contributed by atoms with van der Waals surface area (Å²) < 4.78 is 31.3. The molecule has 19 heavy (non-hydrogen) atoms. The summed E-state index contributed by atoms with van der Waals surface area (Å²) >= 11 is 0. The van der Waals surface area contributed by atoms with Crippen molar-refractivity contribution in [3.05, 3.63) is 18.2 Å². The zero-order chi connectivity index (χ0) is 13.5. The van der Waals surface area contributed by atoms with Gasteiger partial charge in [0.2, 0.25) is 10.0 Å². The molecule has 0 atom stereocenters. The molecule has 1 aromatic carbocycles. The predicted molar refractivity (Wildman–Crippen MR) is 68.1 cm³/mol. The number of sulfonamides is 1. The van der Waals surface area contributed by atoms with Gasteiger partial charge >= 0.3 is 0 Å². The maximum Gasteiger partial charge on any atom is 0.245 e. The van der Waals surface area contributed by atoms with E-state index >= 15 is 0 Å². The molecule has 7 nitrogen and oxygen atoms in total. The van der Waals surface area contributed by atoms with E-state index in [-0.39, 0.29) is 4.90 Å². The third-order valence-corrected chi connectivity index (χ3v) is 5.26. The van der Waals surface area contributed by atoms with Crippen molar-refractivity contribution in [2.75, 3.05) is 33.2 Å². The van der Waals surface area contributed by atoms with Gasteiger partial charge in [-0.05, 0) is 29.5 Å². The van der Waals surface area contributed by atoms with Gasteiger partial charge in [0.1, 0.15) is 10.4 Å². The molecule has 1 aliphatic rings. The van der Waals surface area contributed by atoms with Crippen molar-refractivity contribution < 1.29 is 13.0 Å². The first-order chi connectivity index (χ1) is 9.09. The molecule has 0 N–H and O–H groups in total. The summed E-state index contributed by atoms with van der Waals surface area (Å²) in [6.45, 7) is 2.43. The standard InChI is InChI=1S/C11H14N4O3S/c1-14-5-7-15(8-6-14)19(16,17)10-4-2-3-9-11(10)13-18-12-9/h2-4H,5-8H2,1H3. The minimum Gasteiger partial charge on any atom is -0.304 e. The fourth-order valence-electron chi connectivity index (χ4n) is 2.16. The van der Waals surface area contributed by atoms with Crippen molar-refractivity contribution >= 4 is 21.1 Å². The van der Waals surface area contributed by atoms with E-state index in [0.717, 1.165) is 13.1 Å². The van der Waals surface area contributed by atoms with E-state index in [1.807, 2.05) is 7.05 Å². The number of likely N-dealkylation sites (N-methyl/N-ethyl adjacent to an activating group) is 1. The van der Waals surface area contributed by atoms with Crippen LogP contribution in [0.4, 0.5) is 0 Å². The highest BCUT2D eigenvalue weighted by Crippen LogP contribution is 2.23. The van der Waals surface area contributed by atoms with E-state index in [4.69, 9.17) is 0 Å². The van der Waals surface area contributed by atoms with E-state index in [1.54, 1.807) is 18.2 Å². The van der Waals surface area contributed by atoms with E-state index in [9.17, 15) is 8.42 Å². The van der Waals surface area contributed by atoms with E-state index in [2.05, 4.69) is 19.8 Å². The summed E-state index contributed by atoms with van der Waals surface area (Å²) in [6.07, 6.45) is 0. The lowest BCUT2D eigenvalue weighted by molar-refractivity contribution is 0.222. The topological polar surface area (TPSA) is 79.5 Å². The lowest BCUT2D eigenvalue weighted by Gasteiger charge is -2.31. The van der Waals surface area contributed by atoms with Gasteiger partial charge in [-0.3, -0.25) is 0 Å². The first kappa shape index (κ1) is 12.5. The van der Waals surface area contributed by atoms with Gasteiger partial charge in [-0.25, -0.2) is 13.0 Å². The quantitative estimate of drug-likeness (QED) is 0.780. The third kappa shape index (κ3) is 2.11. The fourth-order valence-corrected chi connectivity index (χ4v) is 3.72. The molecule has 1 fully saturated rings. The summed E-state index contributed by atoms with van der Waals surface area (Å²) in [4.78, 5) is 2.26. The zero-order valence-electron chi connectivity index (χ0n) is 10.5. The van der Waals surface area contributed by atoms with Crippen LogP contribution in [0, 0.1) is 0 Å². The van der Waals surface area contributed by atoms with Gasteiger partial charge in [0.25, 0.3) is 0 Å². The van der Waals surface area contributed by atoms with Crippen LogP contribution in [0.1, 0.15) is 0 Å². The summed E-state index contributed by atoms with van der Waals surface area (Å²) in [7, 11) is -1.56. The van der Waals surface area contributed by atoms with Crippen molar-refractivity contribution in [1.29, 1.82) is 0 Å². The molecule has 0 spiro atoms. The number of piperazine rings is 1. The molecule has 1 aliphatic heterocycles. The number of aromatic nitrogens is 2. The molecular weight excluding hydrogens is 268 g/mol. The molecular formula is C11H14N4O3S. The SMILES string of the molecule is CN1CCN(S(=O)(=O)c2cccc3nonc23)CC1. The van der Waals surface area contributed by atoms with Gasteiger partial charge in [-0.1, -0.05) is 6.07 Å². The Morgan fingerprint density at radius 3 is 2.63 bits per heavy atom. The fraction of sp³-hybridized carbons (Fsp3) is 0.455. The molecule has 0 aliphatic carbocycles. The van der Waals surface area contributed by atoms with Crippen molar-refractivity contribution in [3.63, 3.8) is 0 Å². The molecule has 8 heteroatoms. The second kappa shape index (κ2) is 4.55. The van der Waals surface area contributed by atoms with Crippen LogP contribution in [-0.4, -0.2) is 61.2 Å². The van der Waals surface area contributed by atoms with Gasteiger partial charge in [-0.2, -0.15) is 4.31 Å². The Labute approximate surface area is 110 Å². The summed E-state index contributed by atoms with van der Waals surface area (Å²) in [5.41, 5.74) is 0.747. The first-order valence-electron chi connectivity index (χ1n) is 5.99. The Morgan fingerprint density at radius 2 is 1.89 bits per heavy atom. The van der Waals surface area contributed by atoms with E-state index < -0.39 is 10.0 Å². The molecule has 0 radical (unpaired) electrons. The van der Waals surface area contributed by atoms with Crippen molar-refractivity contribution in [2.45, 2.75) is 4.90 Å². The molecule has 0 amide bonds. The van der Waals surface area contributed by atoms with Crippen LogP contribution in [-0.2, 0) is 10.0 Å². The van der Waals surface area contributed by atoms with Gasteiger partial charge < -0.3 is 4.90 Å². The lowest BCUT2D eigenvalue weighted by atomic mass is 10.3. The highest BCUT2D eigenvalue weighted by molar-refractivity contribution is 7.89. The number of fused-ring (bicyclic) bond motifs is 1. The lowest BCUT2D eigenvalue weighted by Crippen LogP contribution is -2.47. The Balaban J connectivity index is 2.02. The second-order valence-electron chi connectivity index (χ2n) is 4.60. The van der Waals surface area contributed by atoms with Crippen LogP contribution in [0.15, 0.2) is 27.7 Å². The predicted octanol–water partition coefficient (Wildman–Crippen LogP) is 0.159. The highest BCUT2D eigenvalue weighted by atomic mass is 32.2. The van der Waals surface area contributed by atoms with Crippen LogP contribution in [0.2, 0.25) is 0 Å². The van der Waals surface area contributed by atoms with Gasteiger partial charge in [-0.15, -0.1) is 0 Å². The Kier molecular flexibility index (Phi) is 3.00. The molecule has 2 heterocycles. The Hall–Kier alpha value is -1.51. The second-order valence-corrected chi connectivity index (χ2v) is 6.50. The van der Waals surface area contributed by atoms with Crippen LogP contribution in [0.3, 0.4) is 0 Å². The summed E-state index contributed by atoms with van der Waals surface area (Å²) in [5, 5.41) is 7.37. The Bertz CT molecular complexity index is 689. The van der Waals surface area contributed by atoms with E-state index in [0.29, 0.717) is 24.1 Å². The van der Waals surface area contributed by atoms with Crippen LogP contribution < -0.4 is 0 Å². The van der Waals surface area contributed by atoms with Crippen molar-refractivity contribution in [3.8, 4) is 0 Å². The first-order valence-corrected chi connectivity index (χ1v) is 7.43. The third-order valence-electron chi connectivity index (χ3n) is 3.33. The minimum atomic E-state index is -3.54. The summed E-state index contributed by atoms with van der Waals surface area (Å²) in [6, 6.07) is 4.87. The number of hydrogen-bond acceptors (Lipinski definition) is 6. The number of rotatable bonds is 2. The number of hydrogen-bond donors (Lipinski definition) is 0.